The van der Waals surface area contributed by atoms with Gasteiger partial charge in [-0.05, 0) is 42.2 Å². The summed E-state index contributed by atoms with van der Waals surface area (Å²) in [7, 11) is 0. The smallest absolute Gasteiger partial charge is 0.119 e. The highest BCUT2D eigenvalue weighted by Crippen LogP contribution is 2.30. The summed E-state index contributed by atoms with van der Waals surface area (Å²) in [5, 5.41) is 9.66. The number of hydrogen-bond acceptors (Lipinski definition) is 2. The second-order valence-corrected chi connectivity index (χ2v) is 3.87. The molecule has 1 rings (SSSR count). The van der Waals surface area contributed by atoms with Gasteiger partial charge >= 0.3 is 0 Å². The van der Waals surface area contributed by atoms with E-state index in [4.69, 9.17) is 0 Å². The molecule has 0 saturated heterocycles. The van der Waals surface area contributed by atoms with Gasteiger partial charge in [-0.1, -0.05) is 19.1 Å². The van der Waals surface area contributed by atoms with Crippen LogP contribution in [0.1, 0.15) is 30.4 Å². The van der Waals surface area contributed by atoms with E-state index < -0.39 is 0 Å². The maximum absolute atomic E-state index is 9.66. The molecular formula is C11H16OS. The summed E-state index contributed by atoms with van der Waals surface area (Å²) in [5.41, 5.74) is 2.23. The maximum atomic E-state index is 9.66. The SMILES string of the molecule is Cc1cccc(O)c1C(C)CCS. The number of phenolic OH excluding ortho intramolecular Hbond substituents is 1. The molecule has 2 heteroatoms. The third kappa shape index (κ3) is 2.41. The second kappa shape index (κ2) is 4.56. The first kappa shape index (κ1) is 10.5. The van der Waals surface area contributed by atoms with Gasteiger partial charge < -0.3 is 5.11 Å². The lowest BCUT2D eigenvalue weighted by molar-refractivity contribution is 0.461. The van der Waals surface area contributed by atoms with Crippen LogP contribution in [0.25, 0.3) is 0 Å². The van der Waals surface area contributed by atoms with Crippen molar-refractivity contribution in [2.24, 2.45) is 0 Å². The van der Waals surface area contributed by atoms with Crippen LogP contribution < -0.4 is 0 Å². The van der Waals surface area contributed by atoms with Gasteiger partial charge in [0.2, 0.25) is 0 Å². The summed E-state index contributed by atoms with van der Waals surface area (Å²) >= 11 is 4.20. The Bertz CT molecular complexity index is 263. The van der Waals surface area contributed by atoms with Crippen molar-refractivity contribution in [3.8, 4) is 5.75 Å². The minimum absolute atomic E-state index is 0.388. The summed E-state index contributed by atoms with van der Waals surface area (Å²) in [6.45, 7) is 4.16. The van der Waals surface area contributed by atoms with Gasteiger partial charge in [0.1, 0.15) is 5.75 Å². The molecule has 1 aromatic rings. The van der Waals surface area contributed by atoms with Crippen LogP contribution >= 0.6 is 12.6 Å². The Morgan fingerprint density at radius 1 is 1.46 bits per heavy atom. The molecule has 0 spiro atoms. The van der Waals surface area contributed by atoms with Crippen LogP contribution in [0.3, 0.4) is 0 Å². The first-order valence-corrected chi connectivity index (χ1v) is 5.19. The molecule has 0 radical (unpaired) electrons. The molecule has 1 atom stereocenters. The monoisotopic (exact) mass is 196 g/mol. The molecular weight excluding hydrogens is 180 g/mol. The van der Waals surface area contributed by atoms with Crippen molar-refractivity contribution in [2.75, 3.05) is 5.75 Å². The molecule has 0 saturated carbocycles. The molecule has 0 bridgehead atoms. The molecule has 1 N–H and O–H groups in total. The van der Waals surface area contributed by atoms with Crippen LogP contribution in [0.15, 0.2) is 18.2 Å². The number of benzene rings is 1. The molecule has 0 aromatic heterocycles. The topological polar surface area (TPSA) is 20.2 Å². The largest absolute Gasteiger partial charge is 0.508 e. The Kier molecular flexibility index (Phi) is 3.67. The predicted octanol–water partition coefficient (Wildman–Crippen LogP) is 3.12. The fourth-order valence-electron chi connectivity index (χ4n) is 1.64. The zero-order valence-electron chi connectivity index (χ0n) is 8.12. The minimum Gasteiger partial charge on any atom is -0.508 e. The van der Waals surface area contributed by atoms with Crippen LogP contribution in [0, 0.1) is 6.92 Å². The fourth-order valence-corrected chi connectivity index (χ4v) is 2.03. The lowest BCUT2D eigenvalue weighted by Gasteiger charge is -2.14. The molecule has 1 unspecified atom stereocenters. The van der Waals surface area contributed by atoms with Gasteiger partial charge in [-0.15, -0.1) is 0 Å². The molecule has 1 aromatic carbocycles. The van der Waals surface area contributed by atoms with E-state index in [1.165, 1.54) is 0 Å². The average Bonchev–Trinajstić information content (AvgIpc) is 2.04. The van der Waals surface area contributed by atoms with E-state index in [2.05, 4.69) is 19.6 Å². The number of thiol groups is 1. The van der Waals surface area contributed by atoms with E-state index in [1.54, 1.807) is 6.07 Å². The molecule has 0 fully saturated rings. The van der Waals surface area contributed by atoms with Crippen molar-refractivity contribution in [3.63, 3.8) is 0 Å². The van der Waals surface area contributed by atoms with Crippen LogP contribution in [0.5, 0.6) is 5.75 Å². The van der Waals surface area contributed by atoms with Crippen molar-refractivity contribution in [1.82, 2.24) is 0 Å². The standard InChI is InChI=1S/C11H16OS/c1-8-4-3-5-10(12)11(8)9(2)6-7-13/h3-5,9,12-13H,6-7H2,1-2H3. The van der Waals surface area contributed by atoms with Crippen molar-refractivity contribution in [1.29, 1.82) is 0 Å². The summed E-state index contributed by atoms with van der Waals surface area (Å²) in [6.07, 6.45) is 1.00. The zero-order chi connectivity index (χ0) is 9.84. The van der Waals surface area contributed by atoms with Crippen molar-refractivity contribution in [3.05, 3.63) is 29.3 Å². The normalized spacial score (nSPS) is 12.8. The zero-order valence-corrected chi connectivity index (χ0v) is 9.01. The van der Waals surface area contributed by atoms with E-state index >= 15 is 0 Å². The number of aromatic hydroxyl groups is 1. The molecule has 72 valence electrons. The lowest BCUT2D eigenvalue weighted by Crippen LogP contribution is -1.97. The van der Waals surface area contributed by atoms with Crippen LogP contribution in [-0.4, -0.2) is 10.9 Å². The minimum atomic E-state index is 0.388. The molecule has 0 aliphatic carbocycles. The van der Waals surface area contributed by atoms with Crippen molar-refractivity contribution in [2.45, 2.75) is 26.2 Å². The Labute approximate surface area is 85.2 Å². The average molecular weight is 196 g/mol. The fraction of sp³-hybridized carbons (Fsp3) is 0.455. The van der Waals surface area contributed by atoms with Gasteiger partial charge in [0, 0.05) is 0 Å². The summed E-state index contributed by atoms with van der Waals surface area (Å²) in [5.74, 6) is 1.66. The third-order valence-corrected chi connectivity index (χ3v) is 2.61. The number of hydrogen-bond donors (Lipinski definition) is 2. The number of aryl methyl sites for hydroxylation is 1. The Balaban J connectivity index is 2.98. The van der Waals surface area contributed by atoms with Gasteiger partial charge in [0.25, 0.3) is 0 Å². The molecule has 0 heterocycles. The highest BCUT2D eigenvalue weighted by atomic mass is 32.1. The van der Waals surface area contributed by atoms with E-state index in [9.17, 15) is 5.11 Å². The maximum Gasteiger partial charge on any atom is 0.119 e. The van der Waals surface area contributed by atoms with E-state index in [0.717, 1.165) is 23.3 Å². The van der Waals surface area contributed by atoms with Gasteiger partial charge in [-0.3, -0.25) is 0 Å². The predicted molar refractivity (Wildman–Crippen MR) is 59.7 cm³/mol. The molecule has 1 nitrogen and oxygen atoms in total. The van der Waals surface area contributed by atoms with Gasteiger partial charge in [0.15, 0.2) is 0 Å². The lowest BCUT2D eigenvalue weighted by atomic mass is 9.93. The highest BCUT2D eigenvalue weighted by molar-refractivity contribution is 7.80. The van der Waals surface area contributed by atoms with Crippen LogP contribution in [0.4, 0.5) is 0 Å². The van der Waals surface area contributed by atoms with E-state index in [0.29, 0.717) is 11.7 Å². The van der Waals surface area contributed by atoms with E-state index in [-0.39, 0.29) is 0 Å². The number of phenols is 1. The second-order valence-electron chi connectivity index (χ2n) is 3.42. The Morgan fingerprint density at radius 2 is 2.15 bits per heavy atom. The van der Waals surface area contributed by atoms with Crippen molar-refractivity contribution < 1.29 is 5.11 Å². The summed E-state index contributed by atoms with van der Waals surface area (Å²) in [6, 6.07) is 5.66. The molecule has 13 heavy (non-hydrogen) atoms. The Hall–Kier alpha value is -0.630. The summed E-state index contributed by atoms with van der Waals surface area (Å²) in [4.78, 5) is 0. The first-order valence-electron chi connectivity index (χ1n) is 4.56. The van der Waals surface area contributed by atoms with Gasteiger partial charge in [0.05, 0.1) is 0 Å². The van der Waals surface area contributed by atoms with Crippen LogP contribution in [-0.2, 0) is 0 Å². The highest BCUT2D eigenvalue weighted by Gasteiger charge is 2.11. The molecule has 0 aliphatic heterocycles. The number of rotatable bonds is 3. The third-order valence-electron chi connectivity index (χ3n) is 2.36. The van der Waals surface area contributed by atoms with E-state index in [1.807, 2.05) is 19.1 Å². The summed E-state index contributed by atoms with van der Waals surface area (Å²) < 4.78 is 0. The quantitative estimate of drug-likeness (QED) is 0.712. The molecule has 0 amide bonds. The first-order chi connectivity index (χ1) is 6.16. The van der Waals surface area contributed by atoms with Crippen molar-refractivity contribution >= 4 is 12.6 Å². The van der Waals surface area contributed by atoms with Crippen LogP contribution in [0.2, 0.25) is 0 Å². The van der Waals surface area contributed by atoms with Gasteiger partial charge in [-0.25, -0.2) is 0 Å². The van der Waals surface area contributed by atoms with Gasteiger partial charge in [-0.2, -0.15) is 12.6 Å². The molecule has 0 aliphatic rings. The Morgan fingerprint density at radius 3 is 2.69 bits per heavy atom.